The number of esters is 1. The summed E-state index contributed by atoms with van der Waals surface area (Å²) < 4.78 is 20.0. The first kappa shape index (κ1) is 23.8. The number of thiophene rings is 1. The summed E-state index contributed by atoms with van der Waals surface area (Å²) in [7, 11) is 0. The van der Waals surface area contributed by atoms with Gasteiger partial charge in [0.25, 0.3) is 5.56 Å². The van der Waals surface area contributed by atoms with Crippen molar-refractivity contribution in [2.75, 3.05) is 12.4 Å². The number of benzene rings is 2. The molecular formula is C25H21FN2O4S2. The Morgan fingerprint density at radius 3 is 2.50 bits per heavy atom. The highest BCUT2D eigenvalue weighted by Crippen LogP contribution is 2.30. The number of hydrogen-bond acceptors (Lipinski definition) is 7. The van der Waals surface area contributed by atoms with Gasteiger partial charge in [-0.3, -0.25) is 14.2 Å². The maximum atomic E-state index is 13.6. The van der Waals surface area contributed by atoms with Gasteiger partial charge in [-0.05, 0) is 37.1 Å². The lowest BCUT2D eigenvalue weighted by molar-refractivity contribution is 0.0531. The molecule has 2 aromatic carbocycles. The molecule has 0 spiro atoms. The topological polar surface area (TPSA) is 78.3 Å². The van der Waals surface area contributed by atoms with Crippen LogP contribution < -0.4 is 5.56 Å². The minimum absolute atomic E-state index is 0.0838. The van der Waals surface area contributed by atoms with E-state index in [1.165, 1.54) is 16.7 Å². The summed E-state index contributed by atoms with van der Waals surface area (Å²) in [5.74, 6) is -0.884. The van der Waals surface area contributed by atoms with Crippen LogP contribution in [0.15, 0.2) is 64.5 Å². The molecule has 0 unspecified atom stereocenters. The number of fused-ring (bicyclic) bond motifs is 1. The Hall–Kier alpha value is -3.30. The van der Waals surface area contributed by atoms with Crippen molar-refractivity contribution >= 4 is 45.1 Å². The third-order valence-corrected chi connectivity index (χ3v) is 7.30. The fraction of sp³-hybridized carbons (Fsp3) is 0.200. The fourth-order valence-corrected chi connectivity index (χ4v) is 5.46. The number of ketones is 1. The average Bonchev–Trinajstić information content (AvgIpc) is 3.18. The molecule has 0 atom stereocenters. The van der Waals surface area contributed by atoms with Gasteiger partial charge in [0.1, 0.15) is 15.5 Å². The number of Topliss-reactive ketones (excluding diaryl/α,β-unsaturated/α-hetero) is 1. The lowest BCUT2D eigenvalue weighted by atomic mass is 10.2. The summed E-state index contributed by atoms with van der Waals surface area (Å²) in [6.45, 7) is 3.78. The van der Waals surface area contributed by atoms with Crippen LogP contribution in [0, 0.1) is 12.7 Å². The summed E-state index contributed by atoms with van der Waals surface area (Å²) >= 11 is 2.25. The number of thioether (sulfide) groups is 1. The first-order chi connectivity index (χ1) is 16.4. The molecule has 4 aromatic rings. The van der Waals surface area contributed by atoms with Crippen molar-refractivity contribution in [3.63, 3.8) is 0 Å². The van der Waals surface area contributed by atoms with Crippen molar-refractivity contribution in [3.05, 3.63) is 92.3 Å². The number of nitrogens with zero attached hydrogens (tertiary/aromatic N) is 2. The number of ether oxygens (including phenoxy) is 1. The van der Waals surface area contributed by atoms with Crippen LogP contribution in [0.4, 0.5) is 4.39 Å². The van der Waals surface area contributed by atoms with E-state index in [1.807, 2.05) is 6.07 Å². The molecule has 0 saturated heterocycles. The number of aromatic nitrogens is 2. The fourth-order valence-electron chi connectivity index (χ4n) is 3.45. The molecule has 0 saturated carbocycles. The largest absolute Gasteiger partial charge is 0.462 e. The zero-order valence-corrected chi connectivity index (χ0v) is 20.2. The van der Waals surface area contributed by atoms with Crippen LogP contribution in [0.25, 0.3) is 10.2 Å². The first-order valence-electron chi connectivity index (χ1n) is 10.6. The van der Waals surface area contributed by atoms with Crippen LogP contribution in [0.3, 0.4) is 0 Å². The summed E-state index contributed by atoms with van der Waals surface area (Å²) in [4.78, 5) is 44.0. The third-order valence-electron chi connectivity index (χ3n) is 5.16. The van der Waals surface area contributed by atoms with Crippen molar-refractivity contribution in [1.29, 1.82) is 0 Å². The molecule has 0 radical (unpaired) electrons. The SMILES string of the molecule is CCOC(=O)c1sc2nc(SCC(=O)c3ccccc3)n(Cc3ccc(F)cc3)c(=O)c2c1C. The van der Waals surface area contributed by atoms with Gasteiger partial charge in [-0.15, -0.1) is 11.3 Å². The summed E-state index contributed by atoms with van der Waals surface area (Å²) in [5, 5.41) is 0.691. The second kappa shape index (κ2) is 10.3. The molecule has 9 heteroatoms. The maximum absolute atomic E-state index is 13.6. The predicted octanol–water partition coefficient (Wildman–Crippen LogP) is 5.11. The van der Waals surface area contributed by atoms with Gasteiger partial charge >= 0.3 is 5.97 Å². The molecule has 0 aliphatic carbocycles. The Kier molecular flexibility index (Phi) is 7.23. The predicted molar refractivity (Wildman–Crippen MR) is 132 cm³/mol. The number of hydrogen-bond donors (Lipinski definition) is 0. The monoisotopic (exact) mass is 496 g/mol. The van der Waals surface area contributed by atoms with E-state index in [9.17, 15) is 18.8 Å². The molecule has 6 nitrogen and oxygen atoms in total. The minimum Gasteiger partial charge on any atom is -0.462 e. The van der Waals surface area contributed by atoms with Crippen LogP contribution in [-0.2, 0) is 11.3 Å². The van der Waals surface area contributed by atoms with E-state index in [4.69, 9.17) is 4.74 Å². The van der Waals surface area contributed by atoms with Gasteiger partial charge < -0.3 is 4.74 Å². The molecule has 0 fully saturated rings. The number of carbonyl (C=O) groups is 2. The maximum Gasteiger partial charge on any atom is 0.348 e. The normalized spacial score (nSPS) is 11.0. The molecular weight excluding hydrogens is 475 g/mol. The van der Waals surface area contributed by atoms with Crippen molar-refractivity contribution in [3.8, 4) is 0 Å². The molecule has 0 N–H and O–H groups in total. The van der Waals surface area contributed by atoms with Crippen LogP contribution >= 0.6 is 23.1 Å². The van der Waals surface area contributed by atoms with E-state index < -0.39 is 5.97 Å². The van der Waals surface area contributed by atoms with E-state index >= 15 is 0 Å². The molecule has 0 aliphatic rings. The molecule has 2 aromatic heterocycles. The molecule has 34 heavy (non-hydrogen) atoms. The lowest BCUT2D eigenvalue weighted by Crippen LogP contribution is -2.24. The van der Waals surface area contributed by atoms with E-state index in [2.05, 4.69) is 4.98 Å². The third kappa shape index (κ3) is 4.95. The Balaban J connectivity index is 1.77. The summed E-state index contributed by atoms with van der Waals surface area (Å²) in [5.41, 5.74) is 1.47. The Bertz CT molecular complexity index is 1410. The zero-order chi connectivity index (χ0) is 24.2. The second-order valence-electron chi connectivity index (χ2n) is 7.45. The second-order valence-corrected chi connectivity index (χ2v) is 9.39. The number of carbonyl (C=O) groups excluding carboxylic acids is 2. The summed E-state index contributed by atoms with van der Waals surface area (Å²) in [6.07, 6.45) is 0. The highest BCUT2D eigenvalue weighted by Gasteiger charge is 2.23. The molecule has 0 bridgehead atoms. The minimum atomic E-state index is -0.499. The van der Waals surface area contributed by atoms with Gasteiger partial charge in [-0.1, -0.05) is 54.2 Å². The lowest BCUT2D eigenvalue weighted by Gasteiger charge is -2.12. The molecule has 0 amide bonds. The van der Waals surface area contributed by atoms with Gasteiger partial charge in [0.05, 0.1) is 24.3 Å². The van der Waals surface area contributed by atoms with E-state index in [-0.39, 0.29) is 36.1 Å². The van der Waals surface area contributed by atoms with Crippen molar-refractivity contribution in [2.24, 2.45) is 0 Å². The molecule has 4 rings (SSSR count). The van der Waals surface area contributed by atoms with Crippen molar-refractivity contribution in [1.82, 2.24) is 9.55 Å². The van der Waals surface area contributed by atoms with Crippen LogP contribution in [0.1, 0.15) is 38.1 Å². The zero-order valence-electron chi connectivity index (χ0n) is 18.5. The van der Waals surface area contributed by atoms with Gasteiger partial charge in [0, 0.05) is 5.56 Å². The van der Waals surface area contributed by atoms with E-state index in [1.54, 1.807) is 50.2 Å². The van der Waals surface area contributed by atoms with Gasteiger partial charge in [-0.25, -0.2) is 14.2 Å². The van der Waals surface area contributed by atoms with E-state index in [0.29, 0.717) is 36.9 Å². The Morgan fingerprint density at radius 2 is 1.82 bits per heavy atom. The standard InChI is InChI=1S/C25H21FN2O4S2/c1-3-32-24(31)21-15(2)20-22(34-21)27-25(33-14-19(29)17-7-5-4-6-8-17)28(23(20)30)13-16-9-11-18(26)12-10-16/h4-12H,3,13-14H2,1-2H3. The highest BCUT2D eigenvalue weighted by molar-refractivity contribution is 7.99. The van der Waals surface area contributed by atoms with Crippen LogP contribution in [0.5, 0.6) is 0 Å². The Morgan fingerprint density at radius 1 is 1.12 bits per heavy atom. The Labute approximate surface area is 203 Å². The molecule has 174 valence electrons. The highest BCUT2D eigenvalue weighted by atomic mass is 32.2. The number of halogens is 1. The summed E-state index contributed by atoms with van der Waals surface area (Å²) in [6, 6.07) is 14.7. The average molecular weight is 497 g/mol. The number of aryl methyl sites for hydroxylation is 1. The molecule has 2 heterocycles. The van der Waals surface area contributed by atoms with Gasteiger partial charge in [0.2, 0.25) is 0 Å². The van der Waals surface area contributed by atoms with Gasteiger partial charge in [0.15, 0.2) is 10.9 Å². The van der Waals surface area contributed by atoms with Crippen LogP contribution in [0.2, 0.25) is 0 Å². The van der Waals surface area contributed by atoms with Crippen molar-refractivity contribution in [2.45, 2.75) is 25.5 Å². The van der Waals surface area contributed by atoms with Crippen molar-refractivity contribution < 1.29 is 18.7 Å². The number of rotatable bonds is 8. The van der Waals surface area contributed by atoms with Crippen LogP contribution in [-0.4, -0.2) is 33.7 Å². The van der Waals surface area contributed by atoms with Gasteiger partial charge in [-0.2, -0.15) is 0 Å². The smallest absolute Gasteiger partial charge is 0.348 e. The first-order valence-corrected chi connectivity index (χ1v) is 12.4. The quantitative estimate of drug-likeness (QED) is 0.146. The van der Waals surface area contributed by atoms with E-state index in [0.717, 1.165) is 23.1 Å². The molecule has 0 aliphatic heterocycles.